The minimum atomic E-state index is -0.964. The van der Waals surface area contributed by atoms with E-state index in [9.17, 15) is 9.90 Å². The first-order chi connectivity index (χ1) is 8.71. The highest BCUT2D eigenvalue weighted by Crippen LogP contribution is 2.34. The Morgan fingerprint density at radius 2 is 2.11 bits per heavy atom. The molecular weight excluding hydrogens is 286 g/mol. The van der Waals surface area contributed by atoms with Crippen LogP contribution in [-0.4, -0.2) is 25.6 Å². The van der Waals surface area contributed by atoms with E-state index in [-0.39, 0.29) is 10.3 Å². The van der Waals surface area contributed by atoms with Crippen LogP contribution in [0.1, 0.15) is 36.1 Å². The van der Waals surface area contributed by atoms with Gasteiger partial charge in [-0.1, -0.05) is 32.4 Å². The quantitative estimate of drug-likeness (QED) is 0.924. The largest absolute Gasteiger partial charge is 0.477 e. The molecule has 1 N–H and O–H groups in total. The number of thiazole rings is 1. The van der Waals surface area contributed by atoms with E-state index < -0.39 is 5.97 Å². The lowest BCUT2D eigenvalue weighted by Crippen LogP contribution is -2.16. The van der Waals surface area contributed by atoms with Crippen molar-refractivity contribution in [3.8, 4) is 10.8 Å². The van der Waals surface area contributed by atoms with Gasteiger partial charge in [-0.15, -0.1) is 11.3 Å². The van der Waals surface area contributed by atoms with Crippen molar-refractivity contribution >= 4 is 28.9 Å². The maximum absolute atomic E-state index is 11.3. The Morgan fingerprint density at radius 3 is 2.47 bits per heavy atom. The maximum atomic E-state index is 11.3. The van der Waals surface area contributed by atoms with Crippen molar-refractivity contribution < 1.29 is 9.90 Å². The van der Waals surface area contributed by atoms with Gasteiger partial charge in [0.25, 0.3) is 0 Å². The van der Waals surface area contributed by atoms with Crippen molar-refractivity contribution in [3.05, 3.63) is 21.9 Å². The molecule has 0 atom stereocenters. The monoisotopic (exact) mass is 299 g/mol. The lowest BCUT2D eigenvalue weighted by molar-refractivity contribution is 0.0699. The third kappa shape index (κ3) is 2.50. The zero-order valence-corrected chi connectivity index (χ0v) is 12.6. The van der Waals surface area contributed by atoms with Crippen LogP contribution >= 0.6 is 22.9 Å². The number of rotatable bonds is 2. The van der Waals surface area contributed by atoms with Crippen molar-refractivity contribution in [2.45, 2.75) is 26.2 Å². The van der Waals surface area contributed by atoms with Gasteiger partial charge in [0.1, 0.15) is 10.0 Å². The predicted octanol–water partition coefficient (Wildman–Crippen LogP) is 3.19. The maximum Gasteiger partial charge on any atom is 0.347 e. The molecule has 0 saturated carbocycles. The Bertz CT molecular complexity index is 640. The first-order valence-corrected chi connectivity index (χ1v) is 6.83. The Labute approximate surface area is 119 Å². The lowest BCUT2D eigenvalue weighted by atomic mass is 9.91. The number of nitrogens with zero attached hydrogens (tertiary/aromatic N) is 3. The molecule has 0 unspecified atom stereocenters. The van der Waals surface area contributed by atoms with Gasteiger partial charge in [-0.2, -0.15) is 0 Å². The number of carboxylic acids is 1. The molecule has 19 heavy (non-hydrogen) atoms. The Kier molecular flexibility index (Phi) is 3.40. The summed E-state index contributed by atoms with van der Waals surface area (Å²) in [5.74, 6) is -0.387. The molecule has 7 heteroatoms. The normalized spacial score (nSPS) is 11.8. The van der Waals surface area contributed by atoms with Crippen LogP contribution in [0.2, 0.25) is 5.15 Å². The summed E-state index contributed by atoms with van der Waals surface area (Å²) in [7, 11) is 1.77. The highest BCUT2D eigenvalue weighted by molar-refractivity contribution is 7.17. The van der Waals surface area contributed by atoms with Gasteiger partial charge in [-0.3, -0.25) is 0 Å². The second-order valence-electron chi connectivity index (χ2n) is 5.22. The average Bonchev–Trinajstić information content (AvgIpc) is 2.84. The summed E-state index contributed by atoms with van der Waals surface area (Å²) in [6.45, 7) is 5.80. The van der Waals surface area contributed by atoms with Gasteiger partial charge in [0, 0.05) is 12.5 Å². The van der Waals surface area contributed by atoms with Crippen LogP contribution in [0.3, 0.4) is 0 Å². The van der Waals surface area contributed by atoms with E-state index >= 15 is 0 Å². The molecule has 0 saturated heterocycles. The molecule has 2 aromatic heterocycles. The summed E-state index contributed by atoms with van der Waals surface area (Å²) in [6, 6.07) is 0. The molecule has 0 aromatic carbocycles. The van der Waals surface area contributed by atoms with Crippen LogP contribution in [0.15, 0.2) is 6.20 Å². The Balaban J connectivity index is 2.62. The molecular formula is C12H14ClN3O2S. The van der Waals surface area contributed by atoms with Gasteiger partial charge < -0.3 is 9.67 Å². The SMILES string of the molecule is Cn1c(Cl)cnc1-c1nc(C(C)(C)C)c(C(=O)O)s1. The number of halogens is 1. The first-order valence-electron chi connectivity index (χ1n) is 5.64. The standard InChI is InChI=1S/C12H14ClN3O2S/c1-12(2,3)8-7(11(17)18)19-10(15-8)9-14-5-6(13)16(9)4/h5H,1-4H3,(H,17,18). The third-order valence-corrected chi connectivity index (χ3v) is 4.05. The summed E-state index contributed by atoms with van der Waals surface area (Å²) in [4.78, 5) is 20.2. The molecule has 2 aromatic rings. The number of carbonyl (C=O) groups is 1. The van der Waals surface area contributed by atoms with Crippen LogP contribution in [0.4, 0.5) is 0 Å². The van der Waals surface area contributed by atoms with Crippen LogP contribution in [0.5, 0.6) is 0 Å². The van der Waals surface area contributed by atoms with E-state index in [1.54, 1.807) is 11.6 Å². The van der Waals surface area contributed by atoms with Gasteiger partial charge in [-0.25, -0.2) is 14.8 Å². The fourth-order valence-corrected chi connectivity index (χ4v) is 2.93. The third-order valence-electron chi connectivity index (χ3n) is 2.65. The number of carboxylic acid groups (broad SMARTS) is 1. The van der Waals surface area contributed by atoms with Crippen molar-refractivity contribution in [1.82, 2.24) is 14.5 Å². The van der Waals surface area contributed by atoms with Gasteiger partial charge >= 0.3 is 5.97 Å². The highest BCUT2D eigenvalue weighted by atomic mass is 35.5. The van der Waals surface area contributed by atoms with Gasteiger partial charge in [-0.05, 0) is 0 Å². The predicted molar refractivity (Wildman–Crippen MR) is 75.0 cm³/mol. The van der Waals surface area contributed by atoms with E-state index in [0.717, 1.165) is 11.3 Å². The van der Waals surface area contributed by atoms with Gasteiger partial charge in [0.05, 0.1) is 11.9 Å². The molecule has 5 nitrogen and oxygen atoms in total. The second kappa shape index (κ2) is 4.61. The molecule has 0 aliphatic heterocycles. The fraction of sp³-hybridized carbons (Fsp3) is 0.417. The van der Waals surface area contributed by atoms with Crippen molar-refractivity contribution in [2.24, 2.45) is 7.05 Å². The first kappa shape index (κ1) is 14.0. The minimum absolute atomic E-state index is 0.252. The number of hydrogen-bond acceptors (Lipinski definition) is 4. The molecule has 2 heterocycles. The summed E-state index contributed by atoms with van der Waals surface area (Å²) < 4.78 is 1.68. The number of hydrogen-bond donors (Lipinski definition) is 1. The van der Waals surface area contributed by atoms with Crippen LogP contribution in [0.25, 0.3) is 10.8 Å². The number of imidazole rings is 1. The van der Waals surface area contributed by atoms with E-state index in [1.807, 2.05) is 20.8 Å². The van der Waals surface area contributed by atoms with Crippen LogP contribution in [0, 0.1) is 0 Å². The van der Waals surface area contributed by atoms with Crippen molar-refractivity contribution in [3.63, 3.8) is 0 Å². The number of aromatic nitrogens is 3. The van der Waals surface area contributed by atoms with Gasteiger partial charge in [0.15, 0.2) is 10.8 Å². The molecule has 0 spiro atoms. The zero-order chi connectivity index (χ0) is 14.4. The van der Waals surface area contributed by atoms with Crippen molar-refractivity contribution in [2.75, 3.05) is 0 Å². The fourth-order valence-electron chi connectivity index (χ4n) is 1.66. The van der Waals surface area contributed by atoms with Crippen LogP contribution < -0.4 is 0 Å². The molecule has 0 bridgehead atoms. The average molecular weight is 300 g/mol. The van der Waals surface area contributed by atoms with E-state index in [1.165, 1.54) is 6.20 Å². The summed E-state index contributed by atoms with van der Waals surface area (Å²) in [6.07, 6.45) is 1.52. The lowest BCUT2D eigenvalue weighted by Gasteiger charge is -2.15. The Hall–Kier alpha value is -1.40. The van der Waals surface area contributed by atoms with Crippen LogP contribution in [-0.2, 0) is 12.5 Å². The summed E-state index contributed by atoms with van der Waals surface area (Å²) in [5, 5.41) is 10.3. The molecule has 0 radical (unpaired) electrons. The zero-order valence-electron chi connectivity index (χ0n) is 11.1. The van der Waals surface area contributed by atoms with E-state index in [4.69, 9.17) is 11.6 Å². The molecule has 2 rings (SSSR count). The Morgan fingerprint density at radius 1 is 1.47 bits per heavy atom. The molecule has 0 aliphatic carbocycles. The minimum Gasteiger partial charge on any atom is -0.477 e. The van der Waals surface area contributed by atoms with Gasteiger partial charge in [0.2, 0.25) is 0 Å². The smallest absolute Gasteiger partial charge is 0.347 e. The van der Waals surface area contributed by atoms with E-state index in [0.29, 0.717) is 21.7 Å². The number of aromatic carboxylic acids is 1. The van der Waals surface area contributed by atoms with E-state index in [2.05, 4.69) is 9.97 Å². The summed E-state index contributed by atoms with van der Waals surface area (Å²) >= 11 is 7.06. The topological polar surface area (TPSA) is 68.0 Å². The molecule has 0 fully saturated rings. The molecule has 102 valence electrons. The second-order valence-corrected chi connectivity index (χ2v) is 6.60. The molecule has 0 amide bonds. The van der Waals surface area contributed by atoms with Crippen molar-refractivity contribution in [1.29, 1.82) is 0 Å². The summed E-state index contributed by atoms with van der Waals surface area (Å²) in [5.41, 5.74) is 0.233. The highest BCUT2D eigenvalue weighted by Gasteiger charge is 2.28. The molecule has 0 aliphatic rings.